The molecule has 0 heterocycles. The van der Waals surface area contributed by atoms with E-state index in [4.69, 9.17) is 0 Å². The number of alkyl halides is 3. The summed E-state index contributed by atoms with van der Waals surface area (Å²) in [5.41, 5.74) is 0. The van der Waals surface area contributed by atoms with Crippen molar-refractivity contribution in [2.24, 2.45) is 0 Å². The Bertz CT molecular complexity index is 324. The van der Waals surface area contributed by atoms with Gasteiger partial charge in [-0.25, -0.2) is 4.39 Å². The second-order valence-electron chi connectivity index (χ2n) is 2.34. The zero-order valence-electron chi connectivity index (χ0n) is 7.06. The Balaban J connectivity index is 2.95. The molecule has 14 heavy (non-hydrogen) atoms. The minimum Gasteiger partial charge on any atom is -0.403 e. The lowest BCUT2D eigenvalue weighted by Gasteiger charge is -2.10. The smallest absolute Gasteiger partial charge is 0.403 e. The van der Waals surface area contributed by atoms with Gasteiger partial charge in [-0.15, -0.1) is 24.9 Å². The minimum atomic E-state index is -4.86. The Morgan fingerprint density at radius 1 is 1.29 bits per heavy atom. The predicted molar refractivity (Wildman–Crippen MR) is 44.9 cm³/mol. The van der Waals surface area contributed by atoms with E-state index in [9.17, 15) is 17.6 Å². The van der Waals surface area contributed by atoms with Crippen molar-refractivity contribution < 1.29 is 22.3 Å². The molecular formula is C8H6F4OS. The molecule has 1 nitrogen and oxygen atoms in total. The summed E-state index contributed by atoms with van der Waals surface area (Å²) in [6.45, 7) is 0. The molecule has 0 amide bonds. The summed E-state index contributed by atoms with van der Waals surface area (Å²) in [7, 11) is 0. The Morgan fingerprint density at radius 2 is 1.93 bits per heavy atom. The topological polar surface area (TPSA) is 9.23 Å². The molecule has 1 aromatic carbocycles. The SMILES string of the molecule is CSc1ccc(F)c(OC(F)(F)F)c1. The third-order valence-electron chi connectivity index (χ3n) is 1.36. The van der Waals surface area contributed by atoms with Crippen molar-refractivity contribution in [3.8, 4) is 5.75 Å². The molecule has 0 saturated heterocycles. The fourth-order valence-electron chi connectivity index (χ4n) is 0.814. The molecule has 0 radical (unpaired) electrons. The van der Waals surface area contributed by atoms with Crippen molar-refractivity contribution in [2.75, 3.05) is 6.26 Å². The van der Waals surface area contributed by atoms with Gasteiger partial charge in [-0.1, -0.05) is 0 Å². The Labute approximate surface area is 82.1 Å². The molecule has 78 valence electrons. The Morgan fingerprint density at radius 3 is 2.43 bits per heavy atom. The van der Waals surface area contributed by atoms with Crippen LogP contribution in [0.15, 0.2) is 23.1 Å². The number of hydrogen-bond donors (Lipinski definition) is 0. The van der Waals surface area contributed by atoms with Crippen LogP contribution in [-0.2, 0) is 0 Å². The van der Waals surface area contributed by atoms with E-state index in [1.54, 1.807) is 6.26 Å². The molecule has 1 rings (SSSR count). The van der Waals surface area contributed by atoms with Crippen molar-refractivity contribution >= 4 is 11.8 Å². The first kappa shape index (κ1) is 11.2. The highest BCUT2D eigenvalue weighted by molar-refractivity contribution is 7.98. The van der Waals surface area contributed by atoms with E-state index in [1.165, 1.54) is 17.8 Å². The second kappa shape index (κ2) is 4.08. The largest absolute Gasteiger partial charge is 0.573 e. The maximum atomic E-state index is 12.8. The fraction of sp³-hybridized carbons (Fsp3) is 0.250. The molecule has 0 aliphatic carbocycles. The van der Waals surface area contributed by atoms with Gasteiger partial charge in [0.25, 0.3) is 0 Å². The predicted octanol–water partition coefficient (Wildman–Crippen LogP) is 3.45. The van der Waals surface area contributed by atoms with Crippen LogP contribution in [0.3, 0.4) is 0 Å². The van der Waals surface area contributed by atoms with Gasteiger partial charge in [-0.3, -0.25) is 0 Å². The van der Waals surface area contributed by atoms with E-state index in [-0.39, 0.29) is 0 Å². The molecule has 0 spiro atoms. The van der Waals surface area contributed by atoms with Crippen LogP contribution in [-0.4, -0.2) is 12.6 Å². The average Bonchev–Trinajstić information content (AvgIpc) is 2.06. The van der Waals surface area contributed by atoms with Crippen LogP contribution in [0.2, 0.25) is 0 Å². The van der Waals surface area contributed by atoms with E-state index in [0.717, 1.165) is 12.1 Å². The number of hydrogen-bond acceptors (Lipinski definition) is 2. The van der Waals surface area contributed by atoms with Crippen LogP contribution >= 0.6 is 11.8 Å². The van der Waals surface area contributed by atoms with Gasteiger partial charge >= 0.3 is 6.36 Å². The molecule has 6 heteroatoms. The standard InChI is InChI=1S/C8H6F4OS/c1-14-5-2-3-6(9)7(4-5)13-8(10,11)12/h2-4H,1H3. The minimum absolute atomic E-state index is 0.505. The molecular weight excluding hydrogens is 220 g/mol. The average molecular weight is 226 g/mol. The van der Waals surface area contributed by atoms with Gasteiger partial charge in [-0.05, 0) is 24.5 Å². The van der Waals surface area contributed by atoms with Gasteiger partial charge in [0.05, 0.1) is 0 Å². The molecule has 0 bridgehead atoms. The lowest BCUT2D eigenvalue weighted by Crippen LogP contribution is -2.17. The van der Waals surface area contributed by atoms with Gasteiger partial charge in [-0.2, -0.15) is 0 Å². The zero-order chi connectivity index (χ0) is 10.8. The van der Waals surface area contributed by atoms with Crippen molar-refractivity contribution in [1.82, 2.24) is 0 Å². The van der Waals surface area contributed by atoms with Crippen molar-refractivity contribution in [3.05, 3.63) is 24.0 Å². The van der Waals surface area contributed by atoms with Crippen LogP contribution in [0.1, 0.15) is 0 Å². The number of benzene rings is 1. The fourth-order valence-corrected chi connectivity index (χ4v) is 1.24. The van der Waals surface area contributed by atoms with Gasteiger partial charge in [0.1, 0.15) is 0 Å². The van der Waals surface area contributed by atoms with Crippen LogP contribution < -0.4 is 4.74 Å². The molecule has 0 N–H and O–H groups in total. The monoisotopic (exact) mass is 226 g/mol. The van der Waals surface area contributed by atoms with Crippen molar-refractivity contribution in [2.45, 2.75) is 11.3 Å². The first-order valence-corrected chi connectivity index (χ1v) is 4.74. The van der Waals surface area contributed by atoms with Crippen LogP contribution in [0.25, 0.3) is 0 Å². The molecule has 0 saturated carbocycles. The van der Waals surface area contributed by atoms with Crippen LogP contribution in [0, 0.1) is 5.82 Å². The molecule has 0 aromatic heterocycles. The highest BCUT2D eigenvalue weighted by Crippen LogP contribution is 2.29. The Kier molecular flexibility index (Phi) is 3.25. The third kappa shape index (κ3) is 3.10. The lowest BCUT2D eigenvalue weighted by atomic mass is 10.3. The van der Waals surface area contributed by atoms with Gasteiger partial charge in [0, 0.05) is 4.90 Å². The second-order valence-corrected chi connectivity index (χ2v) is 3.22. The van der Waals surface area contributed by atoms with E-state index in [1.807, 2.05) is 0 Å². The van der Waals surface area contributed by atoms with Gasteiger partial charge in [0.15, 0.2) is 11.6 Å². The summed E-state index contributed by atoms with van der Waals surface area (Å²) in [6.07, 6.45) is -3.19. The molecule has 0 unspecified atom stereocenters. The lowest BCUT2D eigenvalue weighted by molar-refractivity contribution is -0.275. The third-order valence-corrected chi connectivity index (χ3v) is 2.09. The Hall–Kier alpha value is -0.910. The molecule has 1 aromatic rings. The molecule has 0 aliphatic rings. The summed E-state index contributed by atoms with van der Waals surface area (Å²) < 4.78 is 51.6. The first-order valence-electron chi connectivity index (χ1n) is 3.51. The van der Waals surface area contributed by atoms with Crippen LogP contribution in [0.5, 0.6) is 5.75 Å². The zero-order valence-corrected chi connectivity index (χ0v) is 7.88. The van der Waals surface area contributed by atoms with Crippen LogP contribution in [0.4, 0.5) is 17.6 Å². The summed E-state index contributed by atoms with van der Waals surface area (Å²) in [6, 6.07) is 3.32. The number of thioether (sulfide) groups is 1. The molecule has 0 atom stereocenters. The maximum Gasteiger partial charge on any atom is 0.573 e. The molecule has 0 fully saturated rings. The highest BCUT2D eigenvalue weighted by atomic mass is 32.2. The van der Waals surface area contributed by atoms with E-state index < -0.39 is 17.9 Å². The summed E-state index contributed by atoms with van der Waals surface area (Å²) >= 11 is 1.20. The van der Waals surface area contributed by atoms with Gasteiger partial charge < -0.3 is 4.74 Å². The number of ether oxygens (including phenoxy) is 1. The highest BCUT2D eigenvalue weighted by Gasteiger charge is 2.32. The normalized spacial score (nSPS) is 11.5. The first-order chi connectivity index (χ1) is 6.42. The van der Waals surface area contributed by atoms with E-state index in [0.29, 0.717) is 4.90 Å². The summed E-state index contributed by atoms with van der Waals surface area (Å²) in [4.78, 5) is 0.505. The van der Waals surface area contributed by atoms with E-state index >= 15 is 0 Å². The maximum absolute atomic E-state index is 12.8. The summed E-state index contributed by atoms with van der Waals surface area (Å²) in [5, 5.41) is 0. The number of halogens is 4. The number of rotatable bonds is 2. The van der Waals surface area contributed by atoms with Crippen molar-refractivity contribution in [3.63, 3.8) is 0 Å². The van der Waals surface area contributed by atoms with Crippen molar-refractivity contribution in [1.29, 1.82) is 0 Å². The summed E-state index contributed by atoms with van der Waals surface area (Å²) in [5.74, 6) is -1.83. The van der Waals surface area contributed by atoms with E-state index in [2.05, 4.69) is 4.74 Å². The molecule has 0 aliphatic heterocycles. The van der Waals surface area contributed by atoms with Gasteiger partial charge in [0.2, 0.25) is 0 Å². The quantitative estimate of drug-likeness (QED) is 0.564.